The highest BCUT2D eigenvalue weighted by atomic mass is 16.2. The fourth-order valence-electron chi connectivity index (χ4n) is 2.57. The van der Waals surface area contributed by atoms with Gasteiger partial charge in [0, 0.05) is 36.8 Å². The molecule has 1 unspecified atom stereocenters. The summed E-state index contributed by atoms with van der Waals surface area (Å²) in [4.78, 5) is 4.47. The lowest BCUT2D eigenvalue weighted by Gasteiger charge is -2.10. The normalized spacial score (nSPS) is 16.7. The van der Waals surface area contributed by atoms with Gasteiger partial charge in [-0.2, -0.15) is 5.10 Å². The second-order valence-electron chi connectivity index (χ2n) is 5.58. The predicted molar refractivity (Wildman–Crippen MR) is 78.4 cm³/mol. The molecule has 0 bridgehead atoms. The van der Waals surface area contributed by atoms with Crippen LogP contribution in [0.15, 0.2) is 18.3 Å². The van der Waals surface area contributed by atoms with Crippen molar-refractivity contribution in [2.75, 3.05) is 6.61 Å². The van der Waals surface area contributed by atoms with E-state index in [0.29, 0.717) is 6.04 Å². The third kappa shape index (κ3) is 2.83. The number of unbranched alkanes of at least 4 members (excludes halogenated alkanes) is 1. The van der Waals surface area contributed by atoms with Crippen molar-refractivity contribution >= 4 is 11.0 Å². The smallest absolute Gasteiger partial charge is 0.158 e. The molecule has 5 nitrogen and oxygen atoms in total. The van der Waals surface area contributed by atoms with Crippen LogP contribution in [0.4, 0.5) is 0 Å². The van der Waals surface area contributed by atoms with Crippen molar-refractivity contribution in [3.05, 3.63) is 24.0 Å². The van der Waals surface area contributed by atoms with E-state index in [9.17, 15) is 0 Å². The largest absolute Gasteiger partial charge is 0.396 e. The van der Waals surface area contributed by atoms with Crippen LogP contribution >= 0.6 is 0 Å². The third-order valence-electron chi connectivity index (χ3n) is 3.79. The van der Waals surface area contributed by atoms with Crippen LogP contribution in [0, 0.1) is 0 Å². The highest BCUT2D eigenvalue weighted by molar-refractivity contribution is 5.78. The highest BCUT2D eigenvalue weighted by Gasteiger charge is 2.25. The Hall–Kier alpha value is -1.46. The van der Waals surface area contributed by atoms with Crippen LogP contribution in [-0.4, -0.2) is 32.5 Å². The molecule has 5 heteroatoms. The maximum atomic E-state index is 8.90. The van der Waals surface area contributed by atoms with Crippen LogP contribution in [0.25, 0.3) is 11.0 Å². The average Bonchev–Trinajstić information content (AvgIpc) is 3.19. The van der Waals surface area contributed by atoms with E-state index in [-0.39, 0.29) is 12.6 Å². The molecule has 2 aromatic heterocycles. The quantitative estimate of drug-likeness (QED) is 0.758. The number of aliphatic hydroxyl groups is 1. The number of aryl methyl sites for hydroxylation is 1. The Kier molecular flexibility index (Phi) is 3.98. The van der Waals surface area contributed by atoms with Crippen molar-refractivity contribution in [3.63, 3.8) is 0 Å². The number of hydrogen-bond acceptors (Lipinski definition) is 4. The Balaban J connectivity index is 1.86. The molecular weight excluding hydrogens is 252 g/mol. The predicted octanol–water partition coefficient (Wildman–Crippen LogP) is 2.02. The van der Waals surface area contributed by atoms with Crippen molar-refractivity contribution in [1.29, 1.82) is 0 Å². The second-order valence-corrected chi connectivity index (χ2v) is 5.58. The van der Waals surface area contributed by atoms with Crippen LogP contribution in [0.1, 0.15) is 44.3 Å². The lowest BCUT2D eigenvalue weighted by atomic mass is 10.1. The lowest BCUT2D eigenvalue weighted by Crippen LogP contribution is -2.21. The molecule has 1 fully saturated rings. The number of aliphatic hydroxyl groups excluding tert-OH is 1. The van der Waals surface area contributed by atoms with E-state index in [0.717, 1.165) is 36.1 Å². The number of aromatic nitrogens is 3. The van der Waals surface area contributed by atoms with Gasteiger partial charge in [-0.15, -0.1) is 0 Å². The Labute approximate surface area is 119 Å². The Bertz CT molecular complexity index is 576. The number of hydrogen-bond donors (Lipinski definition) is 2. The first-order valence-electron chi connectivity index (χ1n) is 7.48. The fraction of sp³-hybridized carbons (Fsp3) is 0.600. The first kappa shape index (κ1) is 13.5. The number of pyridine rings is 1. The van der Waals surface area contributed by atoms with Crippen LogP contribution in [-0.2, 0) is 6.54 Å². The zero-order valence-electron chi connectivity index (χ0n) is 11.9. The fourth-order valence-corrected chi connectivity index (χ4v) is 2.57. The summed E-state index contributed by atoms with van der Waals surface area (Å²) in [5.41, 5.74) is 2.04. The minimum absolute atomic E-state index is 0.235. The molecule has 1 saturated carbocycles. The molecule has 1 aliphatic rings. The van der Waals surface area contributed by atoms with E-state index in [4.69, 9.17) is 10.2 Å². The molecule has 2 N–H and O–H groups in total. The molecule has 0 amide bonds. The molecule has 0 aliphatic heterocycles. The Morgan fingerprint density at radius 1 is 1.45 bits per heavy atom. The first-order valence-corrected chi connectivity index (χ1v) is 7.48. The van der Waals surface area contributed by atoms with Gasteiger partial charge in [-0.25, -0.2) is 9.67 Å². The van der Waals surface area contributed by atoms with Gasteiger partial charge in [0.25, 0.3) is 0 Å². The van der Waals surface area contributed by atoms with Crippen LogP contribution in [0.2, 0.25) is 0 Å². The van der Waals surface area contributed by atoms with E-state index in [1.54, 1.807) is 0 Å². The van der Waals surface area contributed by atoms with Crippen LogP contribution < -0.4 is 5.32 Å². The summed E-state index contributed by atoms with van der Waals surface area (Å²) in [6.45, 7) is 3.22. The molecule has 0 aromatic carbocycles. The standard InChI is InChI=1S/C15H22N4O/c1-11(17-12-6-7-12)14-13-5-4-8-16-15(13)19(18-14)9-2-3-10-20/h4-5,8,11-12,17,20H,2-3,6-7,9-10H2,1H3. The molecule has 108 valence electrons. The van der Waals surface area contributed by atoms with Gasteiger partial charge in [0.2, 0.25) is 0 Å². The Morgan fingerprint density at radius 2 is 2.30 bits per heavy atom. The summed E-state index contributed by atoms with van der Waals surface area (Å²) in [7, 11) is 0. The molecular formula is C15H22N4O. The number of nitrogens with zero attached hydrogens (tertiary/aromatic N) is 3. The van der Waals surface area contributed by atoms with Gasteiger partial charge in [0.1, 0.15) is 0 Å². The molecule has 2 aromatic rings. The van der Waals surface area contributed by atoms with E-state index in [1.807, 2.05) is 16.9 Å². The van der Waals surface area contributed by atoms with Crippen molar-refractivity contribution in [3.8, 4) is 0 Å². The van der Waals surface area contributed by atoms with Gasteiger partial charge in [0.05, 0.1) is 5.69 Å². The van der Waals surface area contributed by atoms with Gasteiger partial charge < -0.3 is 10.4 Å². The van der Waals surface area contributed by atoms with Crippen molar-refractivity contribution in [2.24, 2.45) is 0 Å². The minimum Gasteiger partial charge on any atom is -0.396 e. The second kappa shape index (κ2) is 5.89. The maximum Gasteiger partial charge on any atom is 0.158 e. The molecule has 20 heavy (non-hydrogen) atoms. The van der Waals surface area contributed by atoms with Crippen molar-refractivity contribution < 1.29 is 5.11 Å². The minimum atomic E-state index is 0.235. The van der Waals surface area contributed by atoms with Gasteiger partial charge in [0.15, 0.2) is 5.65 Å². The van der Waals surface area contributed by atoms with Crippen molar-refractivity contribution in [2.45, 2.75) is 51.2 Å². The van der Waals surface area contributed by atoms with Crippen molar-refractivity contribution in [1.82, 2.24) is 20.1 Å². The molecule has 1 aliphatic carbocycles. The number of fused-ring (bicyclic) bond motifs is 1. The summed E-state index contributed by atoms with van der Waals surface area (Å²) in [6.07, 6.45) is 6.10. The third-order valence-corrected chi connectivity index (χ3v) is 3.79. The van der Waals surface area contributed by atoms with Crippen LogP contribution in [0.5, 0.6) is 0 Å². The van der Waals surface area contributed by atoms with Gasteiger partial charge >= 0.3 is 0 Å². The zero-order valence-corrected chi connectivity index (χ0v) is 11.9. The molecule has 1 atom stereocenters. The SMILES string of the molecule is CC(NC1CC1)c1nn(CCCCO)c2ncccc12. The number of rotatable bonds is 7. The molecule has 2 heterocycles. The summed E-state index contributed by atoms with van der Waals surface area (Å²) in [5.74, 6) is 0. The summed E-state index contributed by atoms with van der Waals surface area (Å²) >= 11 is 0. The first-order chi connectivity index (χ1) is 9.79. The van der Waals surface area contributed by atoms with Gasteiger partial charge in [-0.1, -0.05) is 0 Å². The summed E-state index contributed by atoms with van der Waals surface area (Å²) < 4.78 is 1.98. The maximum absolute atomic E-state index is 8.90. The zero-order chi connectivity index (χ0) is 13.9. The molecule has 0 spiro atoms. The number of nitrogens with one attached hydrogen (secondary N) is 1. The monoisotopic (exact) mass is 274 g/mol. The Morgan fingerprint density at radius 3 is 3.05 bits per heavy atom. The summed E-state index contributed by atoms with van der Waals surface area (Å²) in [5, 5.41) is 18.4. The van der Waals surface area contributed by atoms with E-state index < -0.39 is 0 Å². The average molecular weight is 274 g/mol. The van der Waals surface area contributed by atoms with E-state index >= 15 is 0 Å². The van der Waals surface area contributed by atoms with Crippen LogP contribution in [0.3, 0.4) is 0 Å². The van der Waals surface area contributed by atoms with E-state index in [2.05, 4.69) is 23.3 Å². The van der Waals surface area contributed by atoms with E-state index in [1.165, 1.54) is 12.8 Å². The summed E-state index contributed by atoms with van der Waals surface area (Å²) in [6, 6.07) is 4.98. The molecule has 0 radical (unpaired) electrons. The molecule has 0 saturated heterocycles. The van der Waals surface area contributed by atoms with Gasteiger partial charge in [-0.3, -0.25) is 0 Å². The van der Waals surface area contributed by atoms with Gasteiger partial charge in [-0.05, 0) is 44.7 Å². The highest BCUT2D eigenvalue weighted by Crippen LogP contribution is 2.27. The molecule has 3 rings (SSSR count). The lowest BCUT2D eigenvalue weighted by molar-refractivity contribution is 0.280. The topological polar surface area (TPSA) is 63.0 Å².